The van der Waals surface area contributed by atoms with E-state index in [0.29, 0.717) is 5.75 Å². The zero-order valence-corrected chi connectivity index (χ0v) is 11.8. The molecule has 1 N–H and O–H groups in total. The van der Waals surface area contributed by atoms with Gasteiger partial charge in [0, 0.05) is 13.6 Å². The molecule has 106 valence electrons. The quantitative estimate of drug-likeness (QED) is 0.844. The van der Waals surface area contributed by atoms with E-state index >= 15 is 0 Å². The number of aliphatic hydroxyl groups is 1. The number of benzene rings is 1. The van der Waals surface area contributed by atoms with Gasteiger partial charge in [0.1, 0.15) is 11.5 Å². The van der Waals surface area contributed by atoms with Crippen molar-refractivity contribution in [1.82, 2.24) is 4.90 Å². The standard InChI is InChI=1S/C14H21NO4/c1-14(2,17)10-15(3)13(16)9-19-12-7-5-11(18-4)6-8-12/h5-8,17H,9-10H2,1-4H3. The first-order valence-electron chi connectivity index (χ1n) is 6.05. The average molecular weight is 267 g/mol. The van der Waals surface area contributed by atoms with E-state index in [2.05, 4.69) is 0 Å². The van der Waals surface area contributed by atoms with E-state index in [0.717, 1.165) is 5.75 Å². The Labute approximate surface area is 113 Å². The highest BCUT2D eigenvalue weighted by atomic mass is 16.5. The van der Waals surface area contributed by atoms with Crippen molar-refractivity contribution in [3.63, 3.8) is 0 Å². The highest BCUT2D eigenvalue weighted by Crippen LogP contribution is 2.17. The number of methoxy groups -OCH3 is 1. The molecule has 0 aliphatic rings. The second-order valence-electron chi connectivity index (χ2n) is 5.03. The Morgan fingerprint density at radius 3 is 2.26 bits per heavy atom. The first-order chi connectivity index (χ1) is 8.81. The van der Waals surface area contributed by atoms with Crippen LogP contribution >= 0.6 is 0 Å². The minimum absolute atomic E-state index is 0.0566. The van der Waals surface area contributed by atoms with Crippen LogP contribution in [-0.2, 0) is 4.79 Å². The number of likely N-dealkylation sites (N-methyl/N-ethyl adjacent to an activating group) is 1. The molecule has 0 aliphatic carbocycles. The summed E-state index contributed by atoms with van der Waals surface area (Å²) >= 11 is 0. The number of ether oxygens (including phenoxy) is 2. The van der Waals surface area contributed by atoms with E-state index in [1.54, 1.807) is 52.3 Å². The third kappa shape index (κ3) is 5.61. The fraction of sp³-hybridized carbons (Fsp3) is 0.500. The van der Waals surface area contributed by atoms with E-state index < -0.39 is 5.60 Å². The van der Waals surface area contributed by atoms with Crippen molar-refractivity contribution in [2.75, 3.05) is 27.3 Å². The molecule has 0 aromatic heterocycles. The second-order valence-corrected chi connectivity index (χ2v) is 5.03. The molecule has 0 spiro atoms. The van der Waals surface area contributed by atoms with Crippen molar-refractivity contribution >= 4 is 5.91 Å². The van der Waals surface area contributed by atoms with Gasteiger partial charge in [-0.2, -0.15) is 0 Å². The SMILES string of the molecule is COc1ccc(OCC(=O)N(C)CC(C)(C)O)cc1. The fourth-order valence-electron chi connectivity index (χ4n) is 1.60. The Bertz CT molecular complexity index is 408. The van der Waals surface area contributed by atoms with Crippen LogP contribution < -0.4 is 9.47 Å². The summed E-state index contributed by atoms with van der Waals surface area (Å²) < 4.78 is 10.4. The molecule has 0 unspecified atom stereocenters. The summed E-state index contributed by atoms with van der Waals surface area (Å²) in [7, 11) is 3.22. The van der Waals surface area contributed by atoms with Gasteiger partial charge in [-0.05, 0) is 38.1 Å². The van der Waals surface area contributed by atoms with Gasteiger partial charge in [0.15, 0.2) is 6.61 Å². The number of nitrogens with zero attached hydrogens (tertiary/aromatic N) is 1. The highest BCUT2D eigenvalue weighted by Gasteiger charge is 2.19. The van der Waals surface area contributed by atoms with E-state index in [1.807, 2.05) is 0 Å². The average Bonchev–Trinajstić information content (AvgIpc) is 2.34. The molecule has 0 aliphatic heterocycles. The smallest absolute Gasteiger partial charge is 0.260 e. The number of hydrogen-bond donors (Lipinski definition) is 1. The molecule has 0 atom stereocenters. The van der Waals surface area contributed by atoms with Crippen LogP contribution in [0, 0.1) is 0 Å². The molecule has 1 amide bonds. The Balaban J connectivity index is 2.45. The van der Waals surface area contributed by atoms with Gasteiger partial charge in [-0.25, -0.2) is 0 Å². The summed E-state index contributed by atoms with van der Waals surface area (Å²) in [4.78, 5) is 13.2. The van der Waals surface area contributed by atoms with Gasteiger partial charge in [-0.3, -0.25) is 4.79 Å². The monoisotopic (exact) mass is 267 g/mol. The van der Waals surface area contributed by atoms with Gasteiger partial charge in [0.05, 0.1) is 12.7 Å². The number of amides is 1. The number of hydrogen-bond acceptors (Lipinski definition) is 4. The minimum atomic E-state index is -0.912. The summed E-state index contributed by atoms with van der Waals surface area (Å²) in [6.07, 6.45) is 0. The first kappa shape index (κ1) is 15.3. The van der Waals surface area contributed by atoms with Crippen LogP contribution in [-0.4, -0.2) is 48.8 Å². The topological polar surface area (TPSA) is 59.0 Å². The Morgan fingerprint density at radius 2 is 1.79 bits per heavy atom. The summed E-state index contributed by atoms with van der Waals surface area (Å²) in [5, 5.41) is 9.63. The van der Waals surface area contributed by atoms with Gasteiger partial charge < -0.3 is 19.5 Å². The Kier molecular flexibility index (Phi) is 5.18. The van der Waals surface area contributed by atoms with Crippen LogP contribution in [0.3, 0.4) is 0 Å². The molecule has 5 nitrogen and oxygen atoms in total. The van der Waals surface area contributed by atoms with Crippen LogP contribution in [0.25, 0.3) is 0 Å². The minimum Gasteiger partial charge on any atom is -0.497 e. The van der Waals surface area contributed by atoms with Crippen molar-refractivity contribution in [3.8, 4) is 11.5 Å². The lowest BCUT2D eigenvalue weighted by Gasteiger charge is -2.25. The van der Waals surface area contributed by atoms with Crippen LogP contribution in [0.4, 0.5) is 0 Å². The van der Waals surface area contributed by atoms with Gasteiger partial charge in [0.2, 0.25) is 0 Å². The predicted octanol–water partition coefficient (Wildman–Crippen LogP) is 1.30. The lowest BCUT2D eigenvalue weighted by Crippen LogP contribution is -2.41. The molecule has 1 rings (SSSR count). The maximum absolute atomic E-state index is 11.8. The molecular weight excluding hydrogens is 246 g/mol. The molecule has 0 fully saturated rings. The Morgan fingerprint density at radius 1 is 1.26 bits per heavy atom. The summed E-state index contributed by atoms with van der Waals surface area (Å²) in [5.74, 6) is 1.15. The molecule has 1 aromatic carbocycles. The number of rotatable bonds is 6. The Hall–Kier alpha value is -1.75. The van der Waals surface area contributed by atoms with Crippen molar-refractivity contribution in [1.29, 1.82) is 0 Å². The molecule has 0 heterocycles. The third-order valence-electron chi connectivity index (χ3n) is 2.47. The van der Waals surface area contributed by atoms with Gasteiger partial charge in [-0.1, -0.05) is 0 Å². The van der Waals surface area contributed by atoms with E-state index in [1.165, 1.54) is 4.90 Å². The van der Waals surface area contributed by atoms with Crippen molar-refractivity contribution in [2.45, 2.75) is 19.4 Å². The lowest BCUT2D eigenvalue weighted by atomic mass is 10.1. The van der Waals surface area contributed by atoms with Crippen molar-refractivity contribution < 1.29 is 19.4 Å². The second kappa shape index (κ2) is 6.43. The molecule has 0 saturated heterocycles. The maximum atomic E-state index is 11.8. The summed E-state index contributed by atoms with van der Waals surface area (Å²) in [6, 6.07) is 7.00. The largest absolute Gasteiger partial charge is 0.497 e. The summed E-state index contributed by atoms with van der Waals surface area (Å²) in [6.45, 7) is 3.51. The van der Waals surface area contributed by atoms with Crippen LogP contribution in [0.5, 0.6) is 11.5 Å². The first-order valence-corrected chi connectivity index (χ1v) is 6.05. The highest BCUT2D eigenvalue weighted by molar-refractivity contribution is 5.77. The van der Waals surface area contributed by atoms with E-state index in [-0.39, 0.29) is 19.1 Å². The number of carbonyl (C=O) groups is 1. The van der Waals surface area contributed by atoms with Crippen LogP contribution in [0.2, 0.25) is 0 Å². The van der Waals surface area contributed by atoms with Crippen molar-refractivity contribution in [2.24, 2.45) is 0 Å². The van der Waals surface area contributed by atoms with Crippen molar-refractivity contribution in [3.05, 3.63) is 24.3 Å². The van der Waals surface area contributed by atoms with Gasteiger partial charge >= 0.3 is 0 Å². The third-order valence-corrected chi connectivity index (χ3v) is 2.47. The van der Waals surface area contributed by atoms with Gasteiger partial charge in [-0.15, -0.1) is 0 Å². The molecule has 0 saturated carbocycles. The normalized spacial score (nSPS) is 11.0. The lowest BCUT2D eigenvalue weighted by molar-refractivity contribution is -0.134. The van der Waals surface area contributed by atoms with Gasteiger partial charge in [0.25, 0.3) is 5.91 Å². The number of carbonyl (C=O) groups excluding carboxylic acids is 1. The molecule has 5 heteroatoms. The van der Waals surface area contributed by atoms with Crippen LogP contribution in [0.1, 0.15) is 13.8 Å². The summed E-state index contributed by atoms with van der Waals surface area (Å²) in [5.41, 5.74) is -0.912. The molecule has 19 heavy (non-hydrogen) atoms. The van der Waals surface area contributed by atoms with E-state index in [4.69, 9.17) is 9.47 Å². The maximum Gasteiger partial charge on any atom is 0.260 e. The molecular formula is C14H21NO4. The zero-order chi connectivity index (χ0) is 14.5. The zero-order valence-electron chi connectivity index (χ0n) is 11.8. The van der Waals surface area contributed by atoms with E-state index in [9.17, 15) is 9.90 Å². The predicted molar refractivity (Wildman–Crippen MR) is 72.4 cm³/mol. The molecule has 0 bridgehead atoms. The molecule has 1 aromatic rings. The molecule has 0 radical (unpaired) electrons. The fourth-order valence-corrected chi connectivity index (χ4v) is 1.60. The van der Waals surface area contributed by atoms with Crippen LogP contribution in [0.15, 0.2) is 24.3 Å².